The van der Waals surface area contributed by atoms with Crippen molar-refractivity contribution in [2.24, 2.45) is 0 Å². The van der Waals surface area contributed by atoms with Gasteiger partial charge in [0, 0.05) is 0 Å². The van der Waals surface area contributed by atoms with Crippen LogP contribution in [0.5, 0.6) is 0 Å². The zero-order chi connectivity index (χ0) is 10.6. The molecule has 0 saturated carbocycles. The molecule has 4 nitrogen and oxygen atoms in total. The maximum atomic E-state index is 11.5. The number of hydrogen-bond acceptors (Lipinski definition) is 4. The number of hydrogen-bond donors (Lipinski definition) is 2. The van der Waals surface area contributed by atoms with Crippen molar-refractivity contribution in [2.45, 2.75) is 11.0 Å². The summed E-state index contributed by atoms with van der Waals surface area (Å²) >= 11 is 0. The number of aliphatic hydroxyl groups excluding tert-OH is 2. The summed E-state index contributed by atoms with van der Waals surface area (Å²) in [5.74, 6) is -0.451. The summed E-state index contributed by atoms with van der Waals surface area (Å²) in [5.41, 5.74) is 0. The lowest BCUT2D eigenvalue weighted by atomic mass is 10.4. The second-order valence-corrected chi connectivity index (χ2v) is 4.97. The van der Waals surface area contributed by atoms with Crippen molar-refractivity contribution in [3.63, 3.8) is 0 Å². The largest absolute Gasteiger partial charge is 0.394 e. The van der Waals surface area contributed by atoms with Crippen LogP contribution in [0.1, 0.15) is 0 Å². The summed E-state index contributed by atoms with van der Waals surface area (Å²) in [6, 6.07) is 7.84. The molecule has 0 heterocycles. The first-order valence-electron chi connectivity index (χ1n) is 4.13. The van der Waals surface area contributed by atoms with E-state index in [2.05, 4.69) is 0 Å². The fourth-order valence-corrected chi connectivity index (χ4v) is 2.41. The van der Waals surface area contributed by atoms with Crippen molar-refractivity contribution < 1.29 is 18.6 Å². The van der Waals surface area contributed by atoms with Crippen molar-refractivity contribution in [1.29, 1.82) is 0 Å². The number of aliphatic hydroxyl groups is 2. The lowest BCUT2D eigenvalue weighted by Gasteiger charge is -2.07. The normalized spacial score (nSPS) is 13.9. The molecule has 0 aliphatic heterocycles. The van der Waals surface area contributed by atoms with Gasteiger partial charge in [-0.05, 0) is 12.1 Å². The van der Waals surface area contributed by atoms with Crippen LogP contribution in [0, 0.1) is 0 Å². The zero-order valence-corrected chi connectivity index (χ0v) is 8.31. The van der Waals surface area contributed by atoms with Gasteiger partial charge in [0.1, 0.15) is 0 Å². The van der Waals surface area contributed by atoms with E-state index < -0.39 is 28.3 Å². The minimum Gasteiger partial charge on any atom is -0.394 e. The number of benzene rings is 1. The van der Waals surface area contributed by atoms with Gasteiger partial charge in [-0.3, -0.25) is 0 Å². The van der Waals surface area contributed by atoms with Gasteiger partial charge in [-0.2, -0.15) is 0 Å². The molecule has 0 spiro atoms. The zero-order valence-electron chi connectivity index (χ0n) is 7.50. The SMILES string of the molecule is O=S(=O)(C[C@@H](O)CO)c1ccccc1. The van der Waals surface area contributed by atoms with Crippen LogP contribution >= 0.6 is 0 Å². The second-order valence-electron chi connectivity index (χ2n) is 2.93. The van der Waals surface area contributed by atoms with E-state index in [1.807, 2.05) is 0 Å². The molecule has 0 aliphatic rings. The highest BCUT2D eigenvalue weighted by atomic mass is 32.2. The van der Waals surface area contributed by atoms with E-state index in [0.717, 1.165) is 0 Å². The summed E-state index contributed by atoms with van der Waals surface area (Å²) in [5, 5.41) is 17.6. The molecule has 1 atom stereocenters. The highest BCUT2D eigenvalue weighted by Gasteiger charge is 2.18. The van der Waals surface area contributed by atoms with Crippen LogP contribution in [-0.2, 0) is 9.84 Å². The Morgan fingerprint density at radius 1 is 1.21 bits per heavy atom. The molecule has 0 fully saturated rings. The molecule has 5 heteroatoms. The Morgan fingerprint density at radius 2 is 1.79 bits per heavy atom. The fourth-order valence-electron chi connectivity index (χ4n) is 1.03. The standard InChI is InChI=1S/C9H12O4S/c10-6-8(11)7-14(12,13)9-4-2-1-3-5-9/h1-5,8,10-11H,6-7H2/t8-/m0/s1. The summed E-state index contributed by atoms with van der Waals surface area (Å²) in [4.78, 5) is 0.160. The molecular weight excluding hydrogens is 204 g/mol. The molecule has 14 heavy (non-hydrogen) atoms. The maximum Gasteiger partial charge on any atom is 0.180 e. The molecule has 1 aromatic rings. The first-order chi connectivity index (χ1) is 6.56. The Kier molecular flexibility index (Phi) is 3.62. The summed E-state index contributed by atoms with van der Waals surface area (Å²) in [7, 11) is -3.48. The Bertz CT molecular complexity index is 371. The van der Waals surface area contributed by atoms with E-state index in [1.54, 1.807) is 18.2 Å². The van der Waals surface area contributed by atoms with Crippen molar-refractivity contribution in [2.75, 3.05) is 12.4 Å². The minimum absolute atomic E-state index is 0.160. The monoisotopic (exact) mass is 216 g/mol. The van der Waals surface area contributed by atoms with Crippen molar-refractivity contribution >= 4 is 9.84 Å². The topological polar surface area (TPSA) is 74.6 Å². The van der Waals surface area contributed by atoms with Crippen molar-refractivity contribution in [3.05, 3.63) is 30.3 Å². The highest BCUT2D eigenvalue weighted by Crippen LogP contribution is 2.10. The van der Waals surface area contributed by atoms with Crippen molar-refractivity contribution in [1.82, 2.24) is 0 Å². The lowest BCUT2D eigenvalue weighted by molar-refractivity contribution is 0.112. The van der Waals surface area contributed by atoms with Gasteiger partial charge in [0.05, 0.1) is 23.4 Å². The molecule has 0 bridgehead atoms. The predicted molar refractivity (Wildman–Crippen MR) is 51.6 cm³/mol. The van der Waals surface area contributed by atoms with Crippen LogP contribution in [0.25, 0.3) is 0 Å². The number of rotatable bonds is 4. The van der Waals surface area contributed by atoms with Gasteiger partial charge in [0.15, 0.2) is 9.84 Å². The third-order valence-electron chi connectivity index (χ3n) is 1.72. The molecule has 1 aromatic carbocycles. The number of sulfone groups is 1. The molecule has 0 unspecified atom stereocenters. The van der Waals surface area contributed by atoms with Crippen LogP contribution in [0.15, 0.2) is 35.2 Å². The average Bonchev–Trinajstić information content (AvgIpc) is 2.18. The Hall–Kier alpha value is -0.910. The summed E-state index contributed by atoms with van der Waals surface area (Å²) in [6.45, 7) is -0.550. The van der Waals surface area contributed by atoms with Gasteiger partial charge in [0.2, 0.25) is 0 Å². The highest BCUT2D eigenvalue weighted by molar-refractivity contribution is 7.91. The van der Waals surface area contributed by atoms with E-state index >= 15 is 0 Å². The molecule has 0 aliphatic carbocycles. The molecule has 0 aromatic heterocycles. The second kappa shape index (κ2) is 4.54. The Morgan fingerprint density at radius 3 is 2.29 bits per heavy atom. The van der Waals surface area contributed by atoms with E-state index in [4.69, 9.17) is 10.2 Å². The van der Waals surface area contributed by atoms with Gasteiger partial charge in [-0.1, -0.05) is 18.2 Å². The minimum atomic E-state index is -3.48. The third-order valence-corrected chi connectivity index (χ3v) is 3.54. The fraction of sp³-hybridized carbons (Fsp3) is 0.333. The Balaban J connectivity index is 2.87. The first-order valence-corrected chi connectivity index (χ1v) is 5.78. The van der Waals surface area contributed by atoms with Gasteiger partial charge in [-0.15, -0.1) is 0 Å². The molecule has 0 radical (unpaired) electrons. The van der Waals surface area contributed by atoms with Crippen LogP contribution in [-0.4, -0.2) is 37.1 Å². The predicted octanol–water partition coefficient (Wildman–Crippen LogP) is -0.187. The maximum absolute atomic E-state index is 11.5. The van der Waals surface area contributed by atoms with Crippen LogP contribution in [0.4, 0.5) is 0 Å². The van der Waals surface area contributed by atoms with E-state index in [9.17, 15) is 8.42 Å². The average molecular weight is 216 g/mol. The Labute approximate surface area is 82.7 Å². The van der Waals surface area contributed by atoms with Gasteiger partial charge in [-0.25, -0.2) is 8.42 Å². The van der Waals surface area contributed by atoms with E-state index in [-0.39, 0.29) is 4.90 Å². The molecule has 78 valence electrons. The van der Waals surface area contributed by atoms with Crippen molar-refractivity contribution in [3.8, 4) is 0 Å². The molecule has 2 N–H and O–H groups in total. The van der Waals surface area contributed by atoms with Crippen LogP contribution in [0.3, 0.4) is 0 Å². The van der Waals surface area contributed by atoms with Gasteiger partial charge in [0.25, 0.3) is 0 Å². The van der Waals surface area contributed by atoms with Gasteiger partial charge < -0.3 is 10.2 Å². The van der Waals surface area contributed by atoms with E-state index in [0.29, 0.717) is 0 Å². The first kappa shape index (κ1) is 11.2. The summed E-state index contributed by atoms with van der Waals surface area (Å²) in [6.07, 6.45) is -1.22. The molecule has 1 rings (SSSR count). The molecule has 0 saturated heterocycles. The van der Waals surface area contributed by atoms with Gasteiger partial charge >= 0.3 is 0 Å². The molecule has 0 amide bonds. The summed E-state index contributed by atoms with van der Waals surface area (Å²) < 4.78 is 23.1. The quantitative estimate of drug-likeness (QED) is 0.731. The van der Waals surface area contributed by atoms with Crippen LogP contribution < -0.4 is 0 Å². The molecular formula is C9H12O4S. The smallest absolute Gasteiger partial charge is 0.180 e. The lowest BCUT2D eigenvalue weighted by Crippen LogP contribution is -2.24. The van der Waals surface area contributed by atoms with E-state index in [1.165, 1.54) is 12.1 Å². The third kappa shape index (κ3) is 2.80. The van der Waals surface area contributed by atoms with Crippen LogP contribution in [0.2, 0.25) is 0 Å².